The molecule has 4 nitrogen and oxygen atoms in total. The molecule has 0 amide bonds. The summed E-state index contributed by atoms with van der Waals surface area (Å²) in [5.41, 5.74) is 5.81. The van der Waals surface area contributed by atoms with E-state index in [9.17, 15) is 0 Å². The quantitative estimate of drug-likeness (QED) is 0.637. The Balaban J connectivity index is 1.80. The van der Waals surface area contributed by atoms with Crippen molar-refractivity contribution in [1.29, 1.82) is 0 Å². The van der Waals surface area contributed by atoms with E-state index < -0.39 is 0 Å². The van der Waals surface area contributed by atoms with Crippen LogP contribution in [0.4, 0.5) is 5.82 Å². The number of guanidine groups is 1. The van der Waals surface area contributed by atoms with Gasteiger partial charge in [0.05, 0.1) is 6.54 Å². The van der Waals surface area contributed by atoms with Crippen molar-refractivity contribution in [2.75, 3.05) is 17.6 Å². The first-order chi connectivity index (χ1) is 8.34. The van der Waals surface area contributed by atoms with Gasteiger partial charge in [-0.1, -0.05) is 12.5 Å². The Morgan fingerprint density at radius 2 is 2.47 bits per heavy atom. The molecule has 2 rings (SSSR count). The lowest BCUT2D eigenvalue weighted by Gasteiger charge is -2.19. The number of nitrogens with zero attached hydrogens (tertiary/aromatic N) is 2. The van der Waals surface area contributed by atoms with Crippen LogP contribution in [0.2, 0.25) is 0 Å². The standard InChI is InChI=1S/C12H18N4S/c13-12(16-11-6-1-3-7-14-11)15-9-10-5-2-4-8-17-10/h1,3,6-7,10H,2,4-5,8-9H2,(H3,13,14,15,16). The number of pyridine rings is 1. The molecule has 5 heteroatoms. The molecule has 1 atom stereocenters. The second-order valence-electron chi connectivity index (χ2n) is 4.05. The van der Waals surface area contributed by atoms with Crippen LogP contribution in [0.5, 0.6) is 0 Å². The van der Waals surface area contributed by atoms with E-state index in [0.29, 0.717) is 11.2 Å². The fourth-order valence-electron chi connectivity index (χ4n) is 1.76. The second-order valence-corrected chi connectivity index (χ2v) is 5.46. The number of rotatable bonds is 3. The van der Waals surface area contributed by atoms with Gasteiger partial charge in [-0.2, -0.15) is 11.8 Å². The van der Waals surface area contributed by atoms with Gasteiger partial charge in [0.1, 0.15) is 5.82 Å². The number of anilines is 1. The molecule has 0 aliphatic carbocycles. The van der Waals surface area contributed by atoms with Gasteiger partial charge in [-0.3, -0.25) is 4.99 Å². The Labute approximate surface area is 106 Å². The minimum Gasteiger partial charge on any atom is -0.370 e. The van der Waals surface area contributed by atoms with E-state index in [0.717, 1.165) is 12.4 Å². The third kappa shape index (κ3) is 4.26. The molecule has 0 bridgehead atoms. The predicted molar refractivity (Wildman–Crippen MR) is 74.4 cm³/mol. The van der Waals surface area contributed by atoms with Gasteiger partial charge in [-0.05, 0) is 30.7 Å². The summed E-state index contributed by atoms with van der Waals surface area (Å²) in [6.45, 7) is 0.802. The van der Waals surface area contributed by atoms with Gasteiger partial charge in [0.25, 0.3) is 0 Å². The van der Waals surface area contributed by atoms with Crippen LogP contribution in [-0.4, -0.2) is 28.5 Å². The van der Waals surface area contributed by atoms with Crippen molar-refractivity contribution < 1.29 is 0 Å². The number of hydrogen-bond acceptors (Lipinski definition) is 3. The van der Waals surface area contributed by atoms with E-state index >= 15 is 0 Å². The molecule has 0 spiro atoms. The number of hydrogen-bond donors (Lipinski definition) is 2. The van der Waals surface area contributed by atoms with E-state index in [-0.39, 0.29) is 0 Å². The molecule has 1 aliphatic rings. The van der Waals surface area contributed by atoms with E-state index in [1.54, 1.807) is 6.20 Å². The van der Waals surface area contributed by atoms with E-state index in [1.165, 1.54) is 25.0 Å². The van der Waals surface area contributed by atoms with Crippen molar-refractivity contribution in [2.24, 2.45) is 10.7 Å². The number of aromatic nitrogens is 1. The molecule has 1 aromatic heterocycles. The lowest BCUT2D eigenvalue weighted by molar-refractivity contribution is 0.668. The average Bonchev–Trinajstić information content (AvgIpc) is 2.39. The molecule has 17 heavy (non-hydrogen) atoms. The number of nitrogens with two attached hydrogens (primary N) is 1. The smallest absolute Gasteiger partial charge is 0.194 e. The Morgan fingerprint density at radius 1 is 1.53 bits per heavy atom. The van der Waals surface area contributed by atoms with E-state index in [2.05, 4.69) is 15.3 Å². The van der Waals surface area contributed by atoms with Crippen LogP contribution in [0.1, 0.15) is 19.3 Å². The topological polar surface area (TPSA) is 63.3 Å². The zero-order valence-corrected chi connectivity index (χ0v) is 10.6. The van der Waals surface area contributed by atoms with Crippen LogP contribution in [-0.2, 0) is 0 Å². The summed E-state index contributed by atoms with van der Waals surface area (Å²) in [5, 5.41) is 3.62. The molecular formula is C12H18N4S. The van der Waals surface area contributed by atoms with Gasteiger partial charge in [-0.15, -0.1) is 0 Å². The monoisotopic (exact) mass is 250 g/mol. The number of aliphatic imine (C=N–C) groups is 1. The molecule has 1 aromatic rings. The van der Waals surface area contributed by atoms with Gasteiger partial charge in [0.2, 0.25) is 0 Å². The molecule has 3 N–H and O–H groups in total. The average molecular weight is 250 g/mol. The molecule has 0 saturated carbocycles. The maximum absolute atomic E-state index is 5.81. The molecule has 1 aliphatic heterocycles. The molecule has 1 saturated heterocycles. The van der Waals surface area contributed by atoms with Crippen molar-refractivity contribution in [2.45, 2.75) is 24.5 Å². The maximum Gasteiger partial charge on any atom is 0.194 e. The molecule has 92 valence electrons. The van der Waals surface area contributed by atoms with Gasteiger partial charge in [0, 0.05) is 11.4 Å². The van der Waals surface area contributed by atoms with Crippen LogP contribution in [0, 0.1) is 0 Å². The molecule has 0 radical (unpaired) electrons. The van der Waals surface area contributed by atoms with Crippen LogP contribution in [0.25, 0.3) is 0 Å². The first-order valence-corrected chi connectivity index (χ1v) is 6.99. The summed E-state index contributed by atoms with van der Waals surface area (Å²) in [7, 11) is 0. The minimum atomic E-state index is 0.454. The Hall–Kier alpha value is -1.23. The normalized spacial score (nSPS) is 21.2. The first-order valence-electron chi connectivity index (χ1n) is 5.94. The number of nitrogens with one attached hydrogen (secondary N) is 1. The molecular weight excluding hydrogens is 232 g/mol. The summed E-state index contributed by atoms with van der Waals surface area (Å²) in [5.74, 6) is 2.45. The zero-order valence-electron chi connectivity index (χ0n) is 9.80. The van der Waals surface area contributed by atoms with E-state index in [4.69, 9.17) is 5.73 Å². The minimum absolute atomic E-state index is 0.454. The molecule has 1 fully saturated rings. The highest BCUT2D eigenvalue weighted by molar-refractivity contribution is 7.99. The fourth-order valence-corrected chi connectivity index (χ4v) is 2.98. The van der Waals surface area contributed by atoms with Crippen molar-refractivity contribution in [3.8, 4) is 0 Å². The van der Waals surface area contributed by atoms with Gasteiger partial charge >= 0.3 is 0 Å². The van der Waals surface area contributed by atoms with Crippen molar-refractivity contribution >= 4 is 23.5 Å². The molecule has 0 aromatic carbocycles. The Kier molecular flexibility index (Phi) is 4.67. The Morgan fingerprint density at radius 3 is 3.18 bits per heavy atom. The Bertz CT molecular complexity index is 360. The second kappa shape index (κ2) is 6.49. The number of thioether (sulfide) groups is 1. The third-order valence-electron chi connectivity index (χ3n) is 2.66. The van der Waals surface area contributed by atoms with Gasteiger partial charge in [-0.25, -0.2) is 4.98 Å². The van der Waals surface area contributed by atoms with Gasteiger partial charge in [0.15, 0.2) is 5.96 Å². The highest BCUT2D eigenvalue weighted by atomic mass is 32.2. The van der Waals surface area contributed by atoms with Gasteiger partial charge < -0.3 is 11.1 Å². The van der Waals surface area contributed by atoms with Crippen molar-refractivity contribution in [3.63, 3.8) is 0 Å². The molecule has 2 heterocycles. The van der Waals surface area contributed by atoms with Crippen LogP contribution in [0.3, 0.4) is 0 Å². The van der Waals surface area contributed by atoms with Crippen LogP contribution in [0.15, 0.2) is 29.4 Å². The lowest BCUT2D eigenvalue weighted by Crippen LogP contribution is -2.25. The van der Waals surface area contributed by atoms with Crippen molar-refractivity contribution in [3.05, 3.63) is 24.4 Å². The first kappa shape index (κ1) is 12.2. The van der Waals surface area contributed by atoms with E-state index in [1.807, 2.05) is 30.0 Å². The summed E-state index contributed by atoms with van der Waals surface area (Å²) in [6, 6.07) is 5.66. The largest absolute Gasteiger partial charge is 0.370 e. The summed E-state index contributed by atoms with van der Waals surface area (Å²) in [4.78, 5) is 8.50. The van der Waals surface area contributed by atoms with Crippen LogP contribution < -0.4 is 11.1 Å². The SMILES string of the molecule is NC(=NCC1CCCCS1)Nc1ccccn1. The summed E-state index contributed by atoms with van der Waals surface area (Å²) < 4.78 is 0. The fraction of sp³-hybridized carbons (Fsp3) is 0.500. The predicted octanol–water partition coefficient (Wildman–Crippen LogP) is 2.09. The third-order valence-corrected chi connectivity index (χ3v) is 4.04. The van der Waals surface area contributed by atoms with Crippen molar-refractivity contribution in [1.82, 2.24) is 4.98 Å². The molecule has 1 unspecified atom stereocenters. The maximum atomic E-state index is 5.81. The lowest BCUT2D eigenvalue weighted by atomic mass is 10.2. The van der Waals surface area contributed by atoms with Crippen LogP contribution >= 0.6 is 11.8 Å². The zero-order chi connectivity index (χ0) is 11.9. The summed E-state index contributed by atoms with van der Waals surface area (Å²) >= 11 is 2.01. The summed E-state index contributed by atoms with van der Waals surface area (Å²) in [6.07, 6.45) is 5.64. The highest BCUT2D eigenvalue weighted by Gasteiger charge is 2.12. The highest BCUT2D eigenvalue weighted by Crippen LogP contribution is 2.24.